The first-order valence-corrected chi connectivity index (χ1v) is 7.99. The number of aromatic nitrogens is 2. The molecule has 6 heteroatoms. The van der Waals surface area contributed by atoms with Gasteiger partial charge in [0.25, 0.3) is 0 Å². The SMILES string of the molecule is COc1ccc(-c2n[nH]c(C)c2-c2ccc3c(c2)OCCO3)c(O)c1. The van der Waals surface area contributed by atoms with Crippen molar-refractivity contribution in [1.82, 2.24) is 10.2 Å². The predicted octanol–water partition coefficient (Wildman–Crippen LogP) is 3.54. The summed E-state index contributed by atoms with van der Waals surface area (Å²) in [6.45, 7) is 3.04. The summed E-state index contributed by atoms with van der Waals surface area (Å²) in [4.78, 5) is 0. The van der Waals surface area contributed by atoms with Crippen LogP contribution in [-0.4, -0.2) is 35.6 Å². The fourth-order valence-corrected chi connectivity index (χ4v) is 3.01. The van der Waals surface area contributed by atoms with E-state index in [4.69, 9.17) is 14.2 Å². The second-order valence-electron chi connectivity index (χ2n) is 5.81. The van der Waals surface area contributed by atoms with E-state index in [1.165, 1.54) is 0 Å². The van der Waals surface area contributed by atoms with E-state index in [1.54, 1.807) is 25.3 Å². The van der Waals surface area contributed by atoms with Gasteiger partial charge in [-0.15, -0.1) is 0 Å². The number of nitrogens with zero attached hydrogens (tertiary/aromatic N) is 1. The highest BCUT2D eigenvalue weighted by Gasteiger charge is 2.20. The molecule has 2 aromatic carbocycles. The van der Waals surface area contributed by atoms with Crippen molar-refractivity contribution in [1.29, 1.82) is 0 Å². The van der Waals surface area contributed by atoms with E-state index in [2.05, 4.69) is 10.2 Å². The van der Waals surface area contributed by atoms with Crippen LogP contribution in [0, 0.1) is 6.92 Å². The molecule has 0 radical (unpaired) electrons. The van der Waals surface area contributed by atoms with Crippen molar-refractivity contribution in [3.8, 4) is 45.4 Å². The molecule has 1 aromatic heterocycles. The van der Waals surface area contributed by atoms with Crippen LogP contribution < -0.4 is 14.2 Å². The minimum atomic E-state index is 0.115. The Kier molecular flexibility index (Phi) is 3.72. The molecule has 0 saturated heterocycles. The molecule has 3 aromatic rings. The first-order chi connectivity index (χ1) is 12.2. The Labute approximate surface area is 145 Å². The number of phenolic OH excluding ortho intramolecular Hbond substituents is 1. The third kappa shape index (κ3) is 2.65. The standard InChI is InChI=1S/C19H18N2O4/c1-11-18(12-3-6-16-17(9-12)25-8-7-24-16)19(21-20-11)14-5-4-13(23-2)10-15(14)22/h3-6,9-10,22H,7-8H2,1-2H3,(H,20,21). The highest BCUT2D eigenvalue weighted by atomic mass is 16.6. The van der Waals surface area contributed by atoms with Crippen LogP contribution >= 0.6 is 0 Å². The van der Waals surface area contributed by atoms with Crippen molar-refractivity contribution >= 4 is 0 Å². The maximum Gasteiger partial charge on any atom is 0.161 e. The van der Waals surface area contributed by atoms with Gasteiger partial charge in [0.05, 0.1) is 7.11 Å². The average Bonchev–Trinajstić information content (AvgIpc) is 3.02. The van der Waals surface area contributed by atoms with Gasteiger partial charge in [0.2, 0.25) is 0 Å². The number of hydrogen-bond acceptors (Lipinski definition) is 5. The van der Waals surface area contributed by atoms with Crippen molar-refractivity contribution < 1.29 is 19.3 Å². The number of fused-ring (bicyclic) bond motifs is 1. The Balaban J connectivity index is 1.83. The van der Waals surface area contributed by atoms with E-state index in [0.717, 1.165) is 22.6 Å². The van der Waals surface area contributed by atoms with Gasteiger partial charge in [0.15, 0.2) is 11.5 Å². The molecule has 0 atom stereocenters. The van der Waals surface area contributed by atoms with Crippen molar-refractivity contribution in [3.63, 3.8) is 0 Å². The van der Waals surface area contributed by atoms with Gasteiger partial charge in [-0.2, -0.15) is 5.10 Å². The smallest absolute Gasteiger partial charge is 0.161 e. The quantitative estimate of drug-likeness (QED) is 0.764. The van der Waals surface area contributed by atoms with E-state index in [1.807, 2.05) is 25.1 Å². The molecule has 0 saturated carbocycles. The average molecular weight is 338 g/mol. The molecular formula is C19H18N2O4. The topological polar surface area (TPSA) is 76.6 Å². The van der Waals surface area contributed by atoms with Crippen LogP contribution in [0.2, 0.25) is 0 Å². The summed E-state index contributed by atoms with van der Waals surface area (Å²) in [5.74, 6) is 2.17. The minimum absolute atomic E-state index is 0.115. The van der Waals surface area contributed by atoms with Crippen LogP contribution in [0.4, 0.5) is 0 Å². The van der Waals surface area contributed by atoms with Gasteiger partial charge in [-0.05, 0) is 36.8 Å². The lowest BCUT2D eigenvalue weighted by Gasteiger charge is -2.19. The number of methoxy groups -OCH3 is 1. The molecule has 1 aliphatic rings. The molecule has 2 heterocycles. The molecule has 0 aliphatic carbocycles. The highest BCUT2D eigenvalue weighted by molar-refractivity contribution is 5.86. The number of phenols is 1. The zero-order chi connectivity index (χ0) is 17.4. The number of benzene rings is 2. The van der Waals surface area contributed by atoms with Crippen LogP contribution in [0.25, 0.3) is 22.4 Å². The molecule has 0 fully saturated rings. The summed E-state index contributed by atoms with van der Waals surface area (Å²) < 4.78 is 16.4. The van der Waals surface area contributed by atoms with E-state index in [0.29, 0.717) is 36.0 Å². The Hall–Kier alpha value is -3.15. The number of aromatic hydroxyl groups is 1. The number of ether oxygens (including phenoxy) is 3. The summed E-state index contributed by atoms with van der Waals surface area (Å²) >= 11 is 0. The number of hydrogen-bond donors (Lipinski definition) is 2. The summed E-state index contributed by atoms with van der Waals surface area (Å²) in [7, 11) is 1.56. The van der Waals surface area contributed by atoms with Crippen molar-refractivity contribution in [3.05, 3.63) is 42.1 Å². The summed E-state index contributed by atoms with van der Waals surface area (Å²) in [6, 6.07) is 11.0. The zero-order valence-corrected chi connectivity index (χ0v) is 14.0. The lowest BCUT2D eigenvalue weighted by molar-refractivity contribution is 0.171. The third-order valence-corrected chi connectivity index (χ3v) is 4.24. The first kappa shape index (κ1) is 15.4. The Bertz CT molecular complexity index is 933. The van der Waals surface area contributed by atoms with E-state index >= 15 is 0 Å². The number of aromatic amines is 1. The first-order valence-electron chi connectivity index (χ1n) is 7.99. The van der Waals surface area contributed by atoms with Crippen molar-refractivity contribution in [2.45, 2.75) is 6.92 Å². The van der Waals surface area contributed by atoms with Crippen molar-refractivity contribution in [2.24, 2.45) is 0 Å². The van der Waals surface area contributed by atoms with E-state index in [-0.39, 0.29) is 5.75 Å². The van der Waals surface area contributed by atoms with Gasteiger partial charge < -0.3 is 19.3 Å². The third-order valence-electron chi connectivity index (χ3n) is 4.24. The molecular weight excluding hydrogens is 320 g/mol. The van der Waals surface area contributed by atoms with E-state index in [9.17, 15) is 5.11 Å². The van der Waals surface area contributed by atoms with Crippen LogP contribution in [0.1, 0.15) is 5.69 Å². The maximum atomic E-state index is 10.4. The monoisotopic (exact) mass is 338 g/mol. The molecule has 1 aliphatic heterocycles. The van der Waals surface area contributed by atoms with Crippen LogP contribution in [0.3, 0.4) is 0 Å². The molecule has 6 nitrogen and oxygen atoms in total. The summed E-state index contributed by atoms with van der Waals surface area (Å²) in [6.07, 6.45) is 0. The Morgan fingerprint density at radius 3 is 2.64 bits per heavy atom. The fraction of sp³-hybridized carbons (Fsp3) is 0.211. The molecule has 0 amide bonds. The van der Waals surface area contributed by atoms with Gasteiger partial charge in [0, 0.05) is 22.9 Å². The lowest BCUT2D eigenvalue weighted by atomic mass is 9.98. The van der Waals surface area contributed by atoms with Gasteiger partial charge in [0.1, 0.15) is 30.4 Å². The number of rotatable bonds is 3. The van der Waals surface area contributed by atoms with E-state index < -0.39 is 0 Å². The Morgan fingerprint density at radius 2 is 1.88 bits per heavy atom. The highest BCUT2D eigenvalue weighted by Crippen LogP contribution is 2.41. The number of aryl methyl sites for hydroxylation is 1. The summed E-state index contributed by atoms with van der Waals surface area (Å²) in [5.41, 5.74) is 4.07. The predicted molar refractivity (Wildman–Crippen MR) is 93.4 cm³/mol. The maximum absolute atomic E-state index is 10.4. The Morgan fingerprint density at radius 1 is 1.08 bits per heavy atom. The number of nitrogens with one attached hydrogen (secondary N) is 1. The van der Waals surface area contributed by atoms with Crippen LogP contribution in [0.15, 0.2) is 36.4 Å². The minimum Gasteiger partial charge on any atom is -0.507 e. The molecule has 0 bridgehead atoms. The van der Waals surface area contributed by atoms with Crippen LogP contribution in [-0.2, 0) is 0 Å². The van der Waals surface area contributed by atoms with Crippen molar-refractivity contribution in [2.75, 3.05) is 20.3 Å². The van der Waals surface area contributed by atoms with Gasteiger partial charge >= 0.3 is 0 Å². The molecule has 0 unspecified atom stereocenters. The molecule has 0 spiro atoms. The fourth-order valence-electron chi connectivity index (χ4n) is 3.01. The molecule has 4 rings (SSSR count). The summed E-state index contributed by atoms with van der Waals surface area (Å²) in [5, 5.41) is 17.8. The van der Waals surface area contributed by atoms with Gasteiger partial charge in [-0.1, -0.05) is 6.07 Å². The second-order valence-corrected chi connectivity index (χ2v) is 5.81. The molecule has 2 N–H and O–H groups in total. The largest absolute Gasteiger partial charge is 0.507 e. The van der Waals surface area contributed by atoms with Gasteiger partial charge in [-0.3, -0.25) is 5.10 Å². The zero-order valence-electron chi connectivity index (χ0n) is 14.0. The number of H-pyrrole nitrogens is 1. The normalized spacial score (nSPS) is 12.9. The molecule has 25 heavy (non-hydrogen) atoms. The molecule has 128 valence electrons. The van der Waals surface area contributed by atoms with Gasteiger partial charge in [-0.25, -0.2) is 0 Å². The van der Waals surface area contributed by atoms with Crippen LogP contribution in [0.5, 0.6) is 23.0 Å². The lowest BCUT2D eigenvalue weighted by Crippen LogP contribution is -2.15. The second kappa shape index (κ2) is 6.05.